The lowest BCUT2D eigenvalue weighted by molar-refractivity contribution is 0.0974. The molecule has 4 aromatic rings. The van der Waals surface area contributed by atoms with Crippen LogP contribution in [-0.2, 0) is 13.6 Å². The van der Waals surface area contributed by atoms with Crippen LogP contribution in [0.1, 0.15) is 20.7 Å². The van der Waals surface area contributed by atoms with Crippen LogP contribution in [0.3, 0.4) is 0 Å². The van der Waals surface area contributed by atoms with Crippen LogP contribution in [0.15, 0.2) is 60.9 Å². The van der Waals surface area contributed by atoms with Crippen LogP contribution in [-0.4, -0.2) is 21.2 Å². The molecule has 0 saturated carbocycles. The molecule has 24 heavy (non-hydrogen) atoms. The van der Waals surface area contributed by atoms with Crippen molar-refractivity contribution in [3.8, 4) is 0 Å². The van der Waals surface area contributed by atoms with Gasteiger partial charge in [0.2, 0.25) is 0 Å². The fourth-order valence-electron chi connectivity index (χ4n) is 3.30. The first-order valence-electron chi connectivity index (χ1n) is 7.79. The highest BCUT2D eigenvalue weighted by atomic mass is 16.1. The molecule has 0 spiro atoms. The van der Waals surface area contributed by atoms with E-state index in [1.54, 1.807) is 6.20 Å². The minimum Gasteiger partial charge on any atom is -0.350 e. The van der Waals surface area contributed by atoms with Crippen LogP contribution in [0.2, 0.25) is 0 Å². The van der Waals surface area contributed by atoms with Crippen LogP contribution in [0.4, 0.5) is 0 Å². The van der Waals surface area contributed by atoms with Gasteiger partial charge in [-0.1, -0.05) is 36.4 Å². The zero-order valence-corrected chi connectivity index (χ0v) is 13.3. The second kappa shape index (κ2) is 5.49. The maximum atomic E-state index is 12.9. The number of hydrogen-bond acceptors (Lipinski definition) is 2. The van der Waals surface area contributed by atoms with E-state index in [0.29, 0.717) is 11.1 Å². The molecule has 0 fully saturated rings. The first-order chi connectivity index (χ1) is 11.7. The summed E-state index contributed by atoms with van der Waals surface area (Å²) in [5.74, 6) is 0.0324. The summed E-state index contributed by atoms with van der Waals surface area (Å²) in [6.45, 7) is 0.211. The van der Waals surface area contributed by atoms with E-state index >= 15 is 0 Å². The number of aldehydes is 1. The minimum absolute atomic E-state index is 0.0324. The molecular formula is C20H16N2O2. The van der Waals surface area contributed by atoms with Crippen LogP contribution in [0.25, 0.3) is 21.8 Å². The lowest BCUT2D eigenvalue weighted by Gasteiger charge is -2.04. The van der Waals surface area contributed by atoms with Gasteiger partial charge in [0.05, 0.1) is 6.54 Å². The molecule has 2 heterocycles. The van der Waals surface area contributed by atoms with Crippen molar-refractivity contribution in [3.63, 3.8) is 0 Å². The number of aryl methyl sites for hydroxylation is 1. The zero-order chi connectivity index (χ0) is 16.7. The number of rotatable bonds is 4. The Morgan fingerprint density at radius 3 is 2.38 bits per heavy atom. The fourth-order valence-corrected chi connectivity index (χ4v) is 3.30. The number of carbonyl (C=O) groups excluding carboxylic acids is 2. The van der Waals surface area contributed by atoms with Crippen molar-refractivity contribution in [2.45, 2.75) is 6.54 Å². The number of para-hydroxylation sites is 2. The molecule has 118 valence electrons. The molecule has 0 radical (unpaired) electrons. The maximum absolute atomic E-state index is 12.9. The smallest absolute Gasteiger partial charge is 0.184 e. The highest BCUT2D eigenvalue weighted by Gasteiger charge is 2.16. The third kappa shape index (κ3) is 2.15. The quantitative estimate of drug-likeness (QED) is 0.424. The van der Waals surface area contributed by atoms with Crippen LogP contribution < -0.4 is 0 Å². The van der Waals surface area contributed by atoms with E-state index in [1.165, 1.54) is 0 Å². The maximum Gasteiger partial charge on any atom is 0.184 e. The Morgan fingerprint density at radius 2 is 1.62 bits per heavy atom. The molecule has 2 aromatic carbocycles. The summed E-state index contributed by atoms with van der Waals surface area (Å²) in [7, 11) is 1.94. The normalized spacial score (nSPS) is 11.2. The van der Waals surface area contributed by atoms with E-state index < -0.39 is 0 Å². The van der Waals surface area contributed by atoms with Crippen LogP contribution >= 0.6 is 0 Å². The van der Waals surface area contributed by atoms with Gasteiger partial charge in [0.25, 0.3) is 0 Å². The molecule has 4 nitrogen and oxygen atoms in total. The summed E-state index contributed by atoms with van der Waals surface area (Å²) in [6.07, 6.45) is 4.46. The molecule has 0 N–H and O–H groups in total. The zero-order valence-electron chi connectivity index (χ0n) is 13.3. The van der Waals surface area contributed by atoms with E-state index in [2.05, 4.69) is 0 Å². The highest BCUT2D eigenvalue weighted by molar-refractivity contribution is 6.08. The molecule has 4 rings (SSSR count). The standard InChI is InChI=1S/C20H16N2O2/c1-21-11-17(16-7-3-4-8-18(16)21)20(24)12-22-10-14(13-23)15-6-2-5-9-19(15)22/h2-11,13H,12H2,1H3. The van der Waals surface area contributed by atoms with Crippen molar-refractivity contribution in [1.82, 2.24) is 9.13 Å². The first kappa shape index (κ1) is 14.5. The number of benzene rings is 2. The van der Waals surface area contributed by atoms with Gasteiger partial charge >= 0.3 is 0 Å². The molecule has 0 atom stereocenters. The van der Waals surface area contributed by atoms with E-state index in [-0.39, 0.29) is 12.3 Å². The van der Waals surface area contributed by atoms with E-state index in [9.17, 15) is 9.59 Å². The molecular weight excluding hydrogens is 300 g/mol. The van der Waals surface area contributed by atoms with Crippen molar-refractivity contribution >= 4 is 33.9 Å². The molecule has 4 heteroatoms. The van der Waals surface area contributed by atoms with Gasteiger partial charge in [-0.25, -0.2) is 0 Å². The molecule has 0 aliphatic heterocycles. The number of ketones is 1. The number of nitrogens with zero attached hydrogens (tertiary/aromatic N) is 2. The Kier molecular flexibility index (Phi) is 3.31. The van der Waals surface area contributed by atoms with Crippen LogP contribution in [0, 0.1) is 0 Å². The van der Waals surface area contributed by atoms with Gasteiger partial charge in [-0.2, -0.15) is 0 Å². The van der Waals surface area contributed by atoms with Gasteiger partial charge < -0.3 is 9.13 Å². The monoisotopic (exact) mass is 316 g/mol. The Morgan fingerprint density at radius 1 is 0.958 bits per heavy atom. The Hall–Kier alpha value is -3.14. The molecule has 0 aliphatic rings. The summed E-state index contributed by atoms with van der Waals surface area (Å²) >= 11 is 0. The predicted molar refractivity (Wildman–Crippen MR) is 94.6 cm³/mol. The third-order valence-corrected chi connectivity index (χ3v) is 4.46. The van der Waals surface area contributed by atoms with Crippen molar-refractivity contribution in [3.05, 3.63) is 72.1 Å². The van der Waals surface area contributed by atoms with Crippen molar-refractivity contribution < 1.29 is 9.59 Å². The number of Topliss-reactive ketones (excluding diaryl/α,β-unsaturated/α-hetero) is 1. The van der Waals surface area contributed by atoms with Crippen molar-refractivity contribution in [2.24, 2.45) is 7.05 Å². The van der Waals surface area contributed by atoms with Gasteiger partial charge in [0, 0.05) is 52.4 Å². The van der Waals surface area contributed by atoms with Gasteiger partial charge in [-0.15, -0.1) is 0 Å². The average molecular weight is 316 g/mol. The minimum atomic E-state index is 0.0324. The molecule has 0 aliphatic carbocycles. The van der Waals surface area contributed by atoms with E-state index in [4.69, 9.17) is 0 Å². The molecule has 0 bridgehead atoms. The van der Waals surface area contributed by atoms with Gasteiger partial charge in [-0.05, 0) is 12.1 Å². The van der Waals surface area contributed by atoms with Gasteiger partial charge in [-0.3, -0.25) is 9.59 Å². The second-order valence-corrected chi connectivity index (χ2v) is 5.94. The number of fused-ring (bicyclic) bond motifs is 2. The third-order valence-electron chi connectivity index (χ3n) is 4.46. The first-order valence-corrected chi connectivity index (χ1v) is 7.79. The molecule has 0 amide bonds. The predicted octanol–water partition coefficient (Wildman–Crippen LogP) is 3.83. The SMILES string of the molecule is Cn1cc(C(=O)Cn2cc(C=O)c3ccccc32)c2ccccc21. The summed E-state index contributed by atoms with van der Waals surface area (Å²) < 4.78 is 3.82. The highest BCUT2D eigenvalue weighted by Crippen LogP contribution is 2.23. The molecule has 0 saturated heterocycles. The van der Waals surface area contributed by atoms with E-state index in [0.717, 1.165) is 28.1 Å². The fraction of sp³-hybridized carbons (Fsp3) is 0.100. The summed E-state index contributed by atoms with van der Waals surface area (Å²) in [5, 5.41) is 1.83. The number of aromatic nitrogens is 2. The van der Waals surface area contributed by atoms with Gasteiger partial charge in [0.15, 0.2) is 12.1 Å². The second-order valence-electron chi connectivity index (χ2n) is 5.94. The number of carbonyl (C=O) groups is 2. The average Bonchev–Trinajstić information content (AvgIpc) is 3.14. The van der Waals surface area contributed by atoms with Crippen LogP contribution in [0.5, 0.6) is 0 Å². The summed E-state index contributed by atoms with van der Waals surface area (Å²) in [6, 6.07) is 15.5. The Balaban J connectivity index is 1.78. The topological polar surface area (TPSA) is 44.0 Å². The van der Waals surface area contributed by atoms with Gasteiger partial charge in [0.1, 0.15) is 0 Å². The van der Waals surface area contributed by atoms with E-state index in [1.807, 2.05) is 70.9 Å². The Bertz CT molecular complexity index is 1090. The molecule has 2 aromatic heterocycles. The largest absolute Gasteiger partial charge is 0.350 e. The van der Waals surface area contributed by atoms with Crippen molar-refractivity contribution in [1.29, 1.82) is 0 Å². The Labute approximate surface area is 138 Å². The lowest BCUT2D eigenvalue weighted by Crippen LogP contribution is -2.09. The lowest BCUT2D eigenvalue weighted by atomic mass is 10.1. The summed E-state index contributed by atoms with van der Waals surface area (Å²) in [4.78, 5) is 24.1. The van der Waals surface area contributed by atoms with Crippen molar-refractivity contribution in [2.75, 3.05) is 0 Å². The molecule has 0 unspecified atom stereocenters. The number of hydrogen-bond donors (Lipinski definition) is 0. The summed E-state index contributed by atoms with van der Waals surface area (Å²) in [5.41, 5.74) is 3.25.